The van der Waals surface area contributed by atoms with E-state index in [9.17, 15) is 9.59 Å². The highest BCUT2D eigenvalue weighted by Crippen LogP contribution is 2.20. The van der Waals surface area contributed by atoms with E-state index < -0.39 is 12.1 Å². The molecule has 0 aliphatic carbocycles. The van der Waals surface area contributed by atoms with Crippen molar-refractivity contribution < 1.29 is 19.1 Å². The smallest absolute Gasteiger partial charge is 0.407 e. The lowest BCUT2D eigenvalue weighted by Gasteiger charge is -2.32. The first-order valence-electron chi connectivity index (χ1n) is 7.36. The van der Waals surface area contributed by atoms with Crippen molar-refractivity contribution in [2.24, 2.45) is 5.92 Å². The van der Waals surface area contributed by atoms with Gasteiger partial charge in [-0.2, -0.15) is 0 Å². The summed E-state index contributed by atoms with van der Waals surface area (Å²) in [5, 5.41) is 2.72. The van der Waals surface area contributed by atoms with Crippen LogP contribution in [0.4, 0.5) is 4.79 Å². The normalized spacial score (nSPS) is 17.4. The van der Waals surface area contributed by atoms with Crippen molar-refractivity contribution in [3.8, 4) is 0 Å². The van der Waals surface area contributed by atoms with E-state index in [2.05, 4.69) is 5.32 Å². The molecular weight excluding hydrogens is 260 g/mol. The molecule has 20 heavy (non-hydrogen) atoms. The predicted molar refractivity (Wildman–Crippen MR) is 75.4 cm³/mol. The molecule has 1 unspecified atom stereocenters. The van der Waals surface area contributed by atoms with Gasteiger partial charge < -0.3 is 19.7 Å². The van der Waals surface area contributed by atoms with Crippen LogP contribution in [0.1, 0.15) is 33.1 Å². The van der Waals surface area contributed by atoms with Gasteiger partial charge in [-0.25, -0.2) is 4.79 Å². The van der Waals surface area contributed by atoms with Crippen molar-refractivity contribution in [1.82, 2.24) is 10.2 Å². The molecule has 0 saturated carbocycles. The van der Waals surface area contributed by atoms with Crippen LogP contribution < -0.4 is 5.32 Å². The second-order valence-corrected chi connectivity index (χ2v) is 5.05. The molecule has 2 amide bonds. The van der Waals surface area contributed by atoms with Crippen molar-refractivity contribution in [1.29, 1.82) is 0 Å². The lowest BCUT2D eigenvalue weighted by atomic mass is 9.91. The fourth-order valence-electron chi connectivity index (χ4n) is 2.41. The van der Waals surface area contributed by atoms with Gasteiger partial charge in [-0.15, -0.1) is 0 Å². The number of alkyl carbamates (subject to hydrolysis) is 1. The Labute approximate surface area is 120 Å². The number of hydrogen-bond acceptors (Lipinski definition) is 4. The van der Waals surface area contributed by atoms with Crippen molar-refractivity contribution in [2.75, 3.05) is 33.4 Å². The summed E-state index contributed by atoms with van der Waals surface area (Å²) in [5.41, 5.74) is 0. The zero-order valence-corrected chi connectivity index (χ0v) is 12.7. The highest BCUT2D eigenvalue weighted by molar-refractivity contribution is 5.85. The van der Waals surface area contributed by atoms with E-state index in [1.54, 1.807) is 18.9 Å². The SMILES string of the molecule is CCCN(C)C(=O)C(NC(=O)OCC)C1CCOCC1. The summed E-state index contributed by atoms with van der Waals surface area (Å²) in [7, 11) is 1.77. The van der Waals surface area contributed by atoms with Gasteiger partial charge in [0.05, 0.1) is 6.61 Å². The summed E-state index contributed by atoms with van der Waals surface area (Å²) in [4.78, 5) is 25.8. The van der Waals surface area contributed by atoms with Crippen molar-refractivity contribution in [3.05, 3.63) is 0 Å². The highest BCUT2D eigenvalue weighted by atomic mass is 16.5. The molecule has 116 valence electrons. The zero-order chi connectivity index (χ0) is 15.0. The Hall–Kier alpha value is -1.30. The molecule has 0 aromatic rings. The topological polar surface area (TPSA) is 67.9 Å². The van der Waals surface area contributed by atoms with Crippen LogP contribution >= 0.6 is 0 Å². The van der Waals surface area contributed by atoms with Crippen LogP contribution in [0.25, 0.3) is 0 Å². The van der Waals surface area contributed by atoms with E-state index >= 15 is 0 Å². The second kappa shape index (κ2) is 8.79. The number of amides is 2. The van der Waals surface area contributed by atoms with Gasteiger partial charge in [0.2, 0.25) is 5.91 Å². The monoisotopic (exact) mass is 286 g/mol. The number of ether oxygens (including phenoxy) is 2. The Balaban J connectivity index is 2.71. The van der Waals surface area contributed by atoms with Gasteiger partial charge in [0.25, 0.3) is 0 Å². The summed E-state index contributed by atoms with van der Waals surface area (Å²) < 4.78 is 10.2. The van der Waals surface area contributed by atoms with Crippen LogP contribution in [-0.2, 0) is 14.3 Å². The number of likely N-dealkylation sites (N-methyl/N-ethyl adjacent to an activating group) is 1. The molecule has 0 spiro atoms. The third-order valence-corrected chi connectivity index (χ3v) is 3.49. The van der Waals surface area contributed by atoms with Crippen molar-refractivity contribution in [3.63, 3.8) is 0 Å². The largest absolute Gasteiger partial charge is 0.450 e. The first-order valence-corrected chi connectivity index (χ1v) is 7.36. The van der Waals surface area contributed by atoms with Gasteiger partial charge in [-0.1, -0.05) is 6.92 Å². The molecule has 1 N–H and O–H groups in total. The Morgan fingerprint density at radius 3 is 2.55 bits per heavy atom. The standard InChI is InChI=1S/C14H26N2O4/c1-4-8-16(3)13(17)12(15-14(18)20-5-2)11-6-9-19-10-7-11/h11-12H,4-10H2,1-3H3,(H,15,18). The maximum absolute atomic E-state index is 12.5. The lowest BCUT2D eigenvalue weighted by Crippen LogP contribution is -2.52. The summed E-state index contributed by atoms with van der Waals surface area (Å²) in [6, 6.07) is -0.519. The van der Waals surface area contributed by atoms with E-state index in [-0.39, 0.29) is 11.8 Å². The minimum atomic E-state index is -0.526. The number of rotatable bonds is 6. The molecule has 1 saturated heterocycles. The summed E-state index contributed by atoms with van der Waals surface area (Å²) in [5.74, 6) is 0.0618. The van der Waals surface area contributed by atoms with Crippen LogP contribution in [0.15, 0.2) is 0 Å². The van der Waals surface area contributed by atoms with Crippen LogP contribution in [0.5, 0.6) is 0 Å². The molecule has 1 heterocycles. The Morgan fingerprint density at radius 2 is 2.00 bits per heavy atom. The molecule has 6 heteroatoms. The average molecular weight is 286 g/mol. The van der Waals surface area contributed by atoms with Gasteiger partial charge in [-0.3, -0.25) is 4.79 Å². The fourth-order valence-corrected chi connectivity index (χ4v) is 2.41. The third kappa shape index (κ3) is 5.00. The number of hydrogen-bond donors (Lipinski definition) is 1. The number of nitrogens with one attached hydrogen (secondary N) is 1. The zero-order valence-electron chi connectivity index (χ0n) is 12.7. The summed E-state index contributed by atoms with van der Waals surface area (Å²) in [6.07, 6.45) is 1.93. The average Bonchev–Trinajstić information content (AvgIpc) is 2.45. The highest BCUT2D eigenvalue weighted by Gasteiger charge is 2.33. The van der Waals surface area contributed by atoms with E-state index in [4.69, 9.17) is 9.47 Å². The minimum absolute atomic E-state index is 0.0493. The first kappa shape index (κ1) is 16.8. The van der Waals surface area contributed by atoms with Crippen LogP contribution in [0, 0.1) is 5.92 Å². The summed E-state index contributed by atoms with van der Waals surface area (Å²) >= 11 is 0. The van der Waals surface area contributed by atoms with Crippen LogP contribution in [0.2, 0.25) is 0 Å². The van der Waals surface area contributed by atoms with Crippen molar-refractivity contribution >= 4 is 12.0 Å². The number of carbonyl (C=O) groups excluding carboxylic acids is 2. The molecule has 0 bridgehead atoms. The van der Waals surface area contributed by atoms with E-state index in [1.807, 2.05) is 6.92 Å². The molecule has 6 nitrogen and oxygen atoms in total. The summed E-state index contributed by atoms with van der Waals surface area (Å²) in [6.45, 7) is 6.02. The molecule has 1 fully saturated rings. The molecule has 1 aliphatic heterocycles. The molecule has 1 aliphatic rings. The van der Waals surface area contributed by atoms with Crippen LogP contribution in [0.3, 0.4) is 0 Å². The van der Waals surface area contributed by atoms with E-state index in [0.717, 1.165) is 19.3 Å². The van der Waals surface area contributed by atoms with Crippen molar-refractivity contribution in [2.45, 2.75) is 39.2 Å². The third-order valence-electron chi connectivity index (χ3n) is 3.49. The first-order chi connectivity index (χ1) is 9.60. The maximum atomic E-state index is 12.5. The number of carbonyl (C=O) groups is 2. The van der Waals surface area contributed by atoms with E-state index in [0.29, 0.717) is 26.4 Å². The Bertz CT molecular complexity index is 316. The molecular formula is C14H26N2O4. The van der Waals surface area contributed by atoms with Gasteiger partial charge in [0.15, 0.2) is 0 Å². The maximum Gasteiger partial charge on any atom is 0.407 e. The molecule has 0 radical (unpaired) electrons. The Morgan fingerprint density at radius 1 is 1.35 bits per heavy atom. The minimum Gasteiger partial charge on any atom is -0.450 e. The quantitative estimate of drug-likeness (QED) is 0.801. The Kier molecular flexibility index (Phi) is 7.36. The lowest BCUT2D eigenvalue weighted by molar-refractivity contribution is -0.134. The van der Waals surface area contributed by atoms with E-state index in [1.165, 1.54) is 0 Å². The predicted octanol–water partition coefficient (Wildman–Crippen LogP) is 1.40. The molecule has 1 rings (SSSR count). The molecule has 0 aromatic carbocycles. The van der Waals surface area contributed by atoms with Gasteiger partial charge in [0, 0.05) is 26.8 Å². The van der Waals surface area contributed by atoms with Gasteiger partial charge >= 0.3 is 6.09 Å². The fraction of sp³-hybridized carbons (Fsp3) is 0.857. The molecule has 0 aromatic heterocycles. The van der Waals surface area contributed by atoms with Gasteiger partial charge in [-0.05, 0) is 32.1 Å². The van der Waals surface area contributed by atoms with Gasteiger partial charge in [0.1, 0.15) is 6.04 Å². The second-order valence-electron chi connectivity index (χ2n) is 5.05. The molecule has 1 atom stereocenters. The van der Waals surface area contributed by atoms with Crippen LogP contribution in [-0.4, -0.2) is 56.4 Å². The number of nitrogens with zero attached hydrogens (tertiary/aromatic N) is 1.